The van der Waals surface area contributed by atoms with E-state index in [1.807, 2.05) is 13.0 Å². The van der Waals surface area contributed by atoms with Crippen LogP contribution in [0.3, 0.4) is 0 Å². The maximum Gasteiger partial charge on any atom is 0.248 e. The molecule has 106 valence electrons. The molecule has 1 aliphatic carbocycles. The molecule has 1 aromatic rings. The number of hydrogen-bond acceptors (Lipinski definition) is 3. The third-order valence-electron chi connectivity index (χ3n) is 3.64. The molecule has 1 unspecified atom stereocenters. The topological polar surface area (TPSA) is 54.1 Å². The third-order valence-corrected chi connectivity index (χ3v) is 3.64. The fraction of sp³-hybridized carbons (Fsp3) is 0.667. The van der Waals surface area contributed by atoms with Gasteiger partial charge >= 0.3 is 0 Å². The third kappa shape index (κ3) is 3.67. The van der Waals surface area contributed by atoms with Gasteiger partial charge in [-0.2, -0.15) is 0 Å². The maximum atomic E-state index is 11.4. The van der Waals surface area contributed by atoms with Crippen LogP contribution >= 0.6 is 0 Å². The van der Waals surface area contributed by atoms with Gasteiger partial charge in [0, 0.05) is 31.0 Å². The first kappa shape index (κ1) is 14.3. The number of aryl methyl sites for hydroxylation is 1. The summed E-state index contributed by atoms with van der Waals surface area (Å²) in [6.45, 7) is 7.75. The molecule has 4 nitrogen and oxygen atoms in total. The van der Waals surface area contributed by atoms with E-state index in [0.717, 1.165) is 38.1 Å². The molecular formula is C15H24N2O2. The van der Waals surface area contributed by atoms with Crippen molar-refractivity contribution in [3.63, 3.8) is 0 Å². The van der Waals surface area contributed by atoms with E-state index < -0.39 is 0 Å². The van der Waals surface area contributed by atoms with Gasteiger partial charge in [-0.1, -0.05) is 6.07 Å². The predicted octanol–water partition coefficient (Wildman–Crippen LogP) is 2.16. The molecule has 0 aliphatic heterocycles. The Hall–Kier alpha value is -1.13. The Balaban J connectivity index is 2.06. The van der Waals surface area contributed by atoms with Crippen molar-refractivity contribution in [2.24, 2.45) is 0 Å². The van der Waals surface area contributed by atoms with E-state index in [0.29, 0.717) is 6.04 Å². The lowest BCUT2D eigenvalue weighted by Crippen LogP contribution is -2.40. The standard InChI is InChI=1S/C15H24N2O2/c1-4-19-15(2,3)10-16-12-6-5-7-13-11(12)8-9-14(18)17-13/h8-9,12,16H,4-7,10H2,1-3H3,(H,17,18). The number of pyridine rings is 1. The summed E-state index contributed by atoms with van der Waals surface area (Å²) >= 11 is 0. The summed E-state index contributed by atoms with van der Waals surface area (Å²) in [4.78, 5) is 14.3. The summed E-state index contributed by atoms with van der Waals surface area (Å²) in [5.41, 5.74) is 2.16. The zero-order valence-corrected chi connectivity index (χ0v) is 12.1. The van der Waals surface area contributed by atoms with Crippen molar-refractivity contribution in [1.29, 1.82) is 0 Å². The highest BCUT2D eigenvalue weighted by molar-refractivity contribution is 5.26. The second-order valence-electron chi connectivity index (χ2n) is 5.77. The second-order valence-corrected chi connectivity index (χ2v) is 5.77. The van der Waals surface area contributed by atoms with Crippen LogP contribution in [0.4, 0.5) is 0 Å². The number of aromatic nitrogens is 1. The zero-order chi connectivity index (χ0) is 13.9. The molecular weight excluding hydrogens is 240 g/mol. The van der Waals surface area contributed by atoms with Crippen molar-refractivity contribution in [2.75, 3.05) is 13.2 Å². The van der Waals surface area contributed by atoms with Crippen LogP contribution in [0.15, 0.2) is 16.9 Å². The van der Waals surface area contributed by atoms with Gasteiger partial charge in [0.1, 0.15) is 0 Å². The lowest BCUT2D eigenvalue weighted by Gasteiger charge is -2.31. The van der Waals surface area contributed by atoms with Crippen molar-refractivity contribution in [3.8, 4) is 0 Å². The quantitative estimate of drug-likeness (QED) is 0.857. The largest absolute Gasteiger partial charge is 0.375 e. The molecule has 1 aromatic heterocycles. The number of aromatic amines is 1. The summed E-state index contributed by atoms with van der Waals surface area (Å²) in [5, 5.41) is 3.58. The summed E-state index contributed by atoms with van der Waals surface area (Å²) in [6, 6.07) is 3.89. The molecule has 1 atom stereocenters. The minimum absolute atomic E-state index is 0.00551. The first-order valence-electron chi connectivity index (χ1n) is 7.11. The number of rotatable bonds is 5. The number of ether oxygens (including phenoxy) is 1. The first-order chi connectivity index (χ1) is 9.02. The lowest BCUT2D eigenvalue weighted by atomic mass is 9.91. The molecule has 19 heavy (non-hydrogen) atoms. The van der Waals surface area contributed by atoms with Gasteiger partial charge in [0.05, 0.1) is 5.60 Å². The van der Waals surface area contributed by atoms with Crippen LogP contribution in [-0.2, 0) is 11.2 Å². The highest BCUT2D eigenvalue weighted by Gasteiger charge is 2.24. The molecule has 0 saturated carbocycles. The summed E-state index contributed by atoms with van der Waals surface area (Å²) in [6.07, 6.45) is 3.19. The molecule has 0 radical (unpaired) electrons. The molecule has 0 amide bonds. The van der Waals surface area contributed by atoms with E-state index in [1.165, 1.54) is 5.56 Å². The van der Waals surface area contributed by atoms with Gasteiger partial charge in [-0.15, -0.1) is 0 Å². The number of fused-ring (bicyclic) bond motifs is 1. The summed E-state index contributed by atoms with van der Waals surface area (Å²) in [7, 11) is 0. The average molecular weight is 264 g/mol. The molecule has 1 aliphatic rings. The minimum Gasteiger partial charge on any atom is -0.375 e. The van der Waals surface area contributed by atoms with Gasteiger partial charge in [-0.3, -0.25) is 4.79 Å². The molecule has 0 bridgehead atoms. The van der Waals surface area contributed by atoms with Crippen molar-refractivity contribution in [3.05, 3.63) is 33.7 Å². The SMILES string of the molecule is CCOC(C)(C)CNC1CCCc2[nH]c(=O)ccc21. The van der Waals surface area contributed by atoms with Gasteiger partial charge < -0.3 is 15.0 Å². The van der Waals surface area contributed by atoms with Crippen molar-refractivity contribution in [2.45, 2.75) is 51.7 Å². The Labute approximate surface area is 114 Å². The molecule has 4 heteroatoms. The fourth-order valence-electron chi connectivity index (χ4n) is 2.72. The first-order valence-corrected chi connectivity index (χ1v) is 7.11. The van der Waals surface area contributed by atoms with Crippen molar-refractivity contribution in [1.82, 2.24) is 10.3 Å². The number of hydrogen-bond donors (Lipinski definition) is 2. The van der Waals surface area contributed by atoms with Gasteiger partial charge in [0.15, 0.2) is 0 Å². The van der Waals surface area contributed by atoms with Crippen LogP contribution < -0.4 is 10.9 Å². The normalized spacial score (nSPS) is 19.2. The van der Waals surface area contributed by atoms with Crippen molar-refractivity contribution >= 4 is 0 Å². The Morgan fingerprint density at radius 3 is 3.00 bits per heavy atom. The summed E-state index contributed by atoms with van der Waals surface area (Å²) < 4.78 is 5.71. The Kier molecular flexibility index (Phi) is 4.42. The molecule has 0 fully saturated rings. The highest BCUT2D eigenvalue weighted by atomic mass is 16.5. The fourth-order valence-corrected chi connectivity index (χ4v) is 2.72. The van der Waals surface area contributed by atoms with Gasteiger partial charge in [0.2, 0.25) is 5.56 Å². The van der Waals surface area contributed by atoms with E-state index in [-0.39, 0.29) is 11.2 Å². The van der Waals surface area contributed by atoms with Gasteiger partial charge in [0.25, 0.3) is 0 Å². The van der Waals surface area contributed by atoms with E-state index in [1.54, 1.807) is 6.07 Å². The zero-order valence-electron chi connectivity index (χ0n) is 12.1. The van der Waals surface area contributed by atoms with E-state index >= 15 is 0 Å². The van der Waals surface area contributed by atoms with E-state index in [4.69, 9.17) is 4.74 Å². The Bertz CT molecular complexity index is 479. The Morgan fingerprint density at radius 1 is 1.47 bits per heavy atom. The van der Waals surface area contributed by atoms with Crippen molar-refractivity contribution < 1.29 is 4.74 Å². The van der Waals surface area contributed by atoms with Gasteiger partial charge in [-0.05, 0) is 45.6 Å². The van der Waals surface area contributed by atoms with Crippen LogP contribution in [-0.4, -0.2) is 23.7 Å². The summed E-state index contributed by atoms with van der Waals surface area (Å²) in [5.74, 6) is 0. The number of H-pyrrole nitrogens is 1. The van der Waals surface area contributed by atoms with Gasteiger partial charge in [-0.25, -0.2) is 0 Å². The van der Waals surface area contributed by atoms with Crippen LogP contribution in [0.25, 0.3) is 0 Å². The monoisotopic (exact) mass is 264 g/mol. The average Bonchev–Trinajstić information content (AvgIpc) is 2.36. The number of nitrogens with one attached hydrogen (secondary N) is 2. The van der Waals surface area contributed by atoms with E-state index in [2.05, 4.69) is 24.1 Å². The predicted molar refractivity (Wildman–Crippen MR) is 76.4 cm³/mol. The van der Waals surface area contributed by atoms with Crippen LogP contribution in [0.1, 0.15) is 50.9 Å². The second kappa shape index (κ2) is 5.88. The van der Waals surface area contributed by atoms with Crippen LogP contribution in [0.2, 0.25) is 0 Å². The molecule has 2 N–H and O–H groups in total. The van der Waals surface area contributed by atoms with Crippen LogP contribution in [0.5, 0.6) is 0 Å². The lowest BCUT2D eigenvalue weighted by molar-refractivity contribution is -0.0110. The minimum atomic E-state index is -0.158. The van der Waals surface area contributed by atoms with E-state index in [9.17, 15) is 4.79 Å². The molecule has 1 heterocycles. The maximum absolute atomic E-state index is 11.4. The van der Waals surface area contributed by atoms with Crippen LogP contribution in [0, 0.1) is 0 Å². The molecule has 0 aromatic carbocycles. The highest BCUT2D eigenvalue weighted by Crippen LogP contribution is 2.27. The smallest absolute Gasteiger partial charge is 0.248 e. The molecule has 0 saturated heterocycles. The molecule has 2 rings (SSSR count). The molecule has 0 spiro atoms. The Morgan fingerprint density at radius 2 is 2.26 bits per heavy atom.